The first-order chi connectivity index (χ1) is 13.5. The summed E-state index contributed by atoms with van der Waals surface area (Å²) in [6.45, 7) is 5.04. The molecule has 0 amide bonds. The number of nitrogens with one attached hydrogen (secondary N) is 1. The molecule has 10 heteroatoms. The number of morpholine rings is 1. The molecule has 148 valence electrons. The molecular formula is C18H22N6O3S. The summed E-state index contributed by atoms with van der Waals surface area (Å²) in [4.78, 5) is 2.39. The molecule has 28 heavy (non-hydrogen) atoms. The summed E-state index contributed by atoms with van der Waals surface area (Å²) < 4.78 is 34.5. The van der Waals surface area contributed by atoms with Gasteiger partial charge in [-0.2, -0.15) is 4.52 Å². The first-order valence-corrected chi connectivity index (χ1v) is 10.6. The molecule has 1 aliphatic rings. The lowest BCUT2D eigenvalue weighted by Gasteiger charge is -2.27. The van der Waals surface area contributed by atoms with Crippen LogP contribution in [0.1, 0.15) is 11.4 Å². The molecule has 0 saturated carbocycles. The Labute approximate surface area is 163 Å². The van der Waals surface area contributed by atoms with Crippen LogP contribution in [-0.2, 0) is 21.2 Å². The normalized spacial score (nSPS) is 15.2. The number of anilines is 1. The Morgan fingerprint density at radius 1 is 1.07 bits per heavy atom. The number of hydrogen-bond donors (Lipinski definition) is 1. The minimum absolute atomic E-state index is 0.209. The molecule has 3 aromatic rings. The largest absolute Gasteiger partial charge is 0.378 e. The molecule has 9 nitrogen and oxygen atoms in total. The van der Waals surface area contributed by atoms with E-state index in [1.165, 1.54) is 0 Å². The maximum atomic E-state index is 12.4. The second-order valence-corrected chi connectivity index (χ2v) is 8.40. The Hall–Kier alpha value is -2.56. The zero-order valence-corrected chi connectivity index (χ0v) is 16.4. The van der Waals surface area contributed by atoms with E-state index >= 15 is 0 Å². The minimum atomic E-state index is -3.56. The highest BCUT2D eigenvalue weighted by atomic mass is 32.2. The Kier molecular flexibility index (Phi) is 5.25. The van der Waals surface area contributed by atoms with Gasteiger partial charge in [0.2, 0.25) is 10.0 Å². The molecule has 0 aliphatic carbocycles. The van der Waals surface area contributed by atoms with E-state index in [1.807, 2.05) is 19.1 Å². The first kappa shape index (κ1) is 18.8. The summed E-state index contributed by atoms with van der Waals surface area (Å²) in [7, 11) is -3.56. The van der Waals surface area contributed by atoms with Crippen LogP contribution in [0.2, 0.25) is 0 Å². The molecule has 1 aromatic carbocycles. The predicted molar refractivity (Wildman–Crippen MR) is 104 cm³/mol. The number of hydrogen-bond acceptors (Lipinski definition) is 7. The van der Waals surface area contributed by atoms with Gasteiger partial charge in [-0.25, -0.2) is 13.1 Å². The van der Waals surface area contributed by atoms with E-state index < -0.39 is 10.0 Å². The molecule has 1 saturated heterocycles. The third-order valence-corrected chi connectivity index (χ3v) is 6.10. The van der Waals surface area contributed by atoms with Gasteiger partial charge in [-0.1, -0.05) is 17.7 Å². The van der Waals surface area contributed by atoms with Gasteiger partial charge >= 0.3 is 0 Å². The fourth-order valence-electron chi connectivity index (χ4n) is 3.04. The third kappa shape index (κ3) is 3.98. The molecule has 2 aromatic heterocycles. The van der Waals surface area contributed by atoms with Crippen molar-refractivity contribution < 1.29 is 13.2 Å². The van der Waals surface area contributed by atoms with Crippen molar-refractivity contribution in [3.05, 3.63) is 47.8 Å². The molecule has 0 radical (unpaired) electrons. The number of benzene rings is 1. The summed E-state index contributed by atoms with van der Waals surface area (Å²) in [6, 6.07) is 10.5. The zero-order chi connectivity index (χ0) is 19.6. The number of rotatable bonds is 6. The van der Waals surface area contributed by atoms with Crippen LogP contribution in [0.4, 0.5) is 5.82 Å². The molecule has 0 atom stereocenters. The second-order valence-electron chi connectivity index (χ2n) is 6.64. The maximum absolute atomic E-state index is 12.4. The van der Waals surface area contributed by atoms with Gasteiger partial charge in [0.1, 0.15) is 5.82 Å². The van der Waals surface area contributed by atoms with Crippen molar-refractivity contribution in [1.82, 2.24) is 24.5 Å². The van der Waals surface area contributed by atoms with Crippen molar-refractivity contribution in [2.75, 3.05) is 37.7 Å². The lowest BCUT2D eigenvalue weighted by molar-refractivity contribution is 0.122. The second kappa shape index (κ2) is 7.82. The average molecular weight is 402 g/mol. The Morgan fingerprint density at radius 2 is 1.82 bits per heavy atom. The zero-order valence-electron chi connectivity index (χ0n) is 15.6. The summed E-state index contributed by atoms with van der Waals surface area (Å²) in [5.74, 6) is 1.44. The Balaban J connectivity index is 1.46. The van der Waals surface area contributed by atoms with Crippen molar-refractivity contribution in [3.8, 4) is 0 Å². The van der Waals surface area contributed by atoms with Crippen molar-refractivity contribution in [2.45, 2.75) is 18.2 Å². The topological polar surface area (TPSA) is 102 Å². The first-order valence-electron chi connectivity index (χ1n) is 9.13. The average Bonchev–Trinajstić information content (AvgIpc) is 3.11. The number of sulfonamides is 1. The standard InChI is InChI=1S/C18H22N6O3S/c1-14-2-4-15(5-3-14)28(25,26)19-9-8-17-21-20-16-6-7-18(22-24(16)17)23-10-12-27-13-11-23/h2-7,19H,8-13H2,1H3. The molecule has 1 aliphatic heterocycles. The van der Waals surface area contributed by atoms with Crippen molar-refractivity contribution in [3.63, 3.8) is 0 Å². The van der Waals surface area contributed by atoms with Crippen LogP contribution >= 0.6 is 0 Å². The number of aromatic nitrogens is 4. The molecule has 3 heterocycles. The summed E-state index contributed by atoms with van der Waals surface area (Å²) in [6.07, 6.45) is 0.381. The number of nitrogens with zero attached hydrogens (tertiary/aromatic N) is 5. The van der Waals surface area contributed by atoms with Gasteiger partial charge in [-0.15, -0.1) is 15.3 Å². The van der Waals surface area contributed by atoms with E-state index in [-0.39, 0.29) is 11.4 Å². The van der Waals surface area contributed by atoms with Gasteiger partial charge in [-0.3, -0.25) is 0 Å². The molecule has 1 fully saturated rings. The van der Waals surface area contributed by atoms with Crippen LogP contribution in [0, 0.1) is 6.92 Å². The van der Waals surface area contributed by atoms with Crippen LogP contribution < -0.4 is 9.62 Å². The van der Waals surface area contributed by atoms with E-state index in [2.05, 4.69) is 24.9 Å². The van der Waals surface area contributed by atoms with E-state index in [0.29, 0.717) is 31.1 Å². The monoisotopic (exact) mass is 402 g/mol. The molecular weight excluding hydrogens is 380 g/mol. The Bertz CT molecular complexity index is 1060. The quantitative estimate of drug-likeness (QED) is 0.650. The maximum Gasteiger partial charge on any atom is 0.240 e. The minimum Gasteiger partial charge on any atom is -0.378 e. The molecule has 4 rings (SSSR count). The fourth-order valence-corrected chi connectivity index (χ4v) is 4.07. The van der Waals surface area contributed by atoms with E-state index in [4.69, 9.17) is 4.74 Å². The van der Waals surface area contributed by atoms with Gasteiger partial charge in [-0.05, 0) is 31.2 Å². The van der Waals surface area contributed by atoms with Crippen LogP contribution in [0.3, 0.4) is 0 Å². The van der Waals surface area contributed by atoms with Crippen molar-refractivity contribution in [2.24, 2.45) is 0 Å². The molecule has 0 spiro atoms. The summed E-state index contributed by atoms with van der Waals surface area (Å²) >= 11 is 0. The predicted octanol–water partition coefficient (Wildman–Crippen LogP) is 0.790. The lowest BCUT2D eigenvalue weighted by atomic mass is 10.2. The van der Waals surface area contributed by atoms with Crippen LogP contribution in [-0.4, -0.2) is 61.1 Å². The van der Waals surface area contributed by atoms with Crippen LogP contribution in [0.5, 0.6) is 0 Å². The highest BCUT2D eigenvalue weighted by Gasteiger charge is 2.16. The van der Waals surface area contributed by atoms with Crippen molar-refractivity contribution >= 4 is 21.5 Å². The fraction of sp³-hybridized carbons (Fsp3) is 0.389. The Morgan fingerprint density at radius 3 is 2.57 bits per heavy atom. The lowest BCUT2D eigenvalue weighted by Crippen LogP contribution is -2.37. The highest BCUT2D eigenvalue weighted by molar-refractivity contribution is 7.89. The number of fused-ring (bicyclic) bond motifs is 1. The van der Waals surface area contributed by atoms with E-state index in [9.17, 15) is 8.42 Å². The smallest absolute Gasteiger partial charge is 0.240 e. The molecule has 0 unspecified atom stereocenters. The summed E-state index contributed by atoms with van der Waals surface area (Å²) in [5.41, 5.74) is 1.64. The van der Waals surface area contributed by atoms with Gasteiger partial charge in [0.15, 0.2) is 11.5 Å². The van der Waals surface area contributed by atoms with E-state index in [0.717, 1.165) is 24.5 Å². The number of aryl methyl sites for hydroxylation is 1. The molecule has 0 bridgehead atoms. The van der Waals surface area contributed by atoms with E-state index in [1.54, 1.807) is 28.8 Å². The van der Waals surface area contributed by atoms with Gasteiger partial charge in [0.25, 0.3) is 0 Å². The van der Waals surface area contributed by atoms with Crippen LogP contribution in [0.15, 0.2) is 41.3 Å². The molecule has 1 N–H and O–H groups in total. The van der Waals surface area contributed by atoms with Gasteiger partial charge < -0.3 is 9.64 Å². The highest BCUT2D eigenvalue weighted by Crippen LogP contribution is 2.14. The third-order valence-electron chi connectivity index (χ3n) is 4.62. The van der Waals surface area contributed by atoms with Crippen LogP contribution in [0.25, 0.3) is 5.65 Å². The van der Waals surface area contributed by atoms with Crippen molar-refractivity contribution in [1.29, 1.82) is 0 Å². The number of ether oxygens (including phenoxy) is 1. The SMILES string of the molecule is Cc1ccc(S(=O)(=O)NCCc2nnc3ccc(N4CCOCC4)nn23)cc1. The summed E-state index contributed by atoms with van der Waals surface area (Å²) in [5, 5.41) is 12.9. The van der Waals surface area contributed by atoms with Gasteiger partial charge in [0, 0.05) is 26.1 Å². The van der Waals surface area contributed by atoms with Gasteiger partial charge in [0.05, 0.1) is 18.1 Å².